The summed E-state index contributed by atoms with van der Waals surface area (Å²) in [5, 5.41) is 0. The fraction of sp³-hybridized carbons (Fsp3) is 0.222. The van der Waals surface area contributed by atoms with Crippen LogP contribution >= 0.6 is 0 Å². The van der Waals surface area contributed by atoms with Crippen molar-refractivity contribution >= 4 is 16.9 Å². The number of ether oxygens (including phenoxy) is 1. The Hall–Kier alpha value is -2.82. The quantitative estimate of drug-likeness (QED) is 0.785. The average Bonchev–Trinajstić information content (AvgIpc) is 2.96. The van der Waals surface area contributed by atoms with E-state index in [1.807, 2.05) is 36.4 Å². The summed E-state index contributed by atoms with van der Waals surface area (Å²) >= 11 is 0. The highest BCUT2D eigenvalue weighted by Crippen LogP contribution is 2.15. The van der Waals surface area contributed by atoms with Crippen LogP contribution < -0.4 is 10.2 Å². The molecule has 2 aromatic carbocycles. The molecule has 0 aliphatic rings. The molecule has 1 heterocycles. The molecule has 1 N–H and O–H groups in total. The van der Waals surface area contributed by atoms with Crippen molar-refractivity contribution in [3.8, 4) is 5.75 Å². The molecule has 0 aliphatic carbocycles. The van der Waals surface area contributed by atoms with E-state index in [4.69, 9.17) is 4.74 Å². The Morgan fingerprint density at radius 3 is 2.87 bits per heavy atom. The Morgan fingerprint density at radius 2 is 2.04 bits per heavy atom. The van der Waals surface area contributed by atoms with E-state index in [9.17, 15) is 4.79 Å². The SMILES string of the molecule is CC(C)COc1cccc(C(=O)Nn2cnc3ccccc32)c1. The maximum atomic E-state index is 12.4. The van der Waals surface area contributed by atoms with Gasteiger partial charge in [0.2, 0.25) is 0 Å². The van der Waals surface area contributed by atoms with Gasteiger partial charge in [0.05, 0.1) is 17.6 Å². The van der Waals surface area contributed by atoms with Crippen molar-refractivity contribution in [2.45, 2.75) is 13.8 Å². The minimum Gasteiger partial charge on any atom is -0.493 e. The largest absolute Gasteiger partial charge is 0.493 e. The summed E-state index contributed by atoms with van der Waals surface area (Å²) in [4.78, 5) is 16.7. The summed E-state index contributed by atoms with van der Waals surface area (Å²) < 4.78 is 7.29. The normalized spacial score (nSPS) is 10.9. The van der Waals surface area contributed by atoms with Gasteiger partial charge in [-0.3, -0.25) is 10.2 Å². The molecular weight excluding hydrogens is 290 g/mol. The lowest BCUT2D eigenvalue weighted by Crippen LogP contribution is -2.22. The van der Waals surface area contributed by atoms with Crippen LogP contribution in [-0.4, -0.2) is 22.2 Å². The van der Waals surface area contributed by atoms with Gasteiger partial charge >= 0.3 is 0 Å². The highest BCUT2D eigenvalue weighted by atomic mass is 16.5. The van der Waals surface area contributed by atoms with E-state index in [1.165, 1.54) is 0 Å². The van der Waals surface area contributed by atoms with E-state index in [0.29, 0.717) is 23.8 Å². The molecule has 1 aromatic heterocycles. The maximum Gasteiger partial charge on any atom is 0.270 e. The molecule has 5 nitrogen and oxygen atoms in total. The molecule has 3 aromatic rings. The number of amides is 1. The summed E-state index contributed by atoms with van der Waals surface area (Å²) in [5.41, 5.74) is 5.07. The topological polar surface area (TPSA) is 56.1 Å². The Kier molecular flexibility index (Phi) is 4.28. The van der Waals surface area contributed by atoms with Crippen LogP contribution in [0.3, 0.4) is 0 Å². The molecule has 0 bridgehead atoms. The zero-order valence-electron chi connectivity index (χ0n) is 13.2. The number of rotatable bonds is 5. The zero-order chi connectivity index (χ0) is 16.2. The molecule has 0 atom stereocenters. The minimum absolute atomic E-state index is 0.205. The van der Waals surface area contributed by atoms with E-state index >= 15 is 0 Å². The molecule has 0 fully saturated rings. The number of nitrogens with one attached hydrogen (secondary N) is 1. The van der Waals surface area contributed by atoms with Crippen LogP contribution in [0.25, 0.3) is 11.0 Å². The first kappa shape index (κ1) is 15.1. The Labute approximate surface area is 134 Å². The Morgan fingerprint density at radius 1 is 1.22 bits per heavy atom. The second kappa shape index (κ2) is 6.52. The summed E-state index contributed by atoms with van der Waals surface area (Å²) in [6, 6.07) is 14.8. The van der Waals surface area contributed by atoms with Gasteiger partial charge in [0.25, 0.3) is 5.91 Å². The van der Waals surface area contributed by atoms with E-state index in [1.54, 1.807) is 23.1 Å². The van der Waals surface area contributed by atoms with Gasteiger partial charge in [0.1, 0.15) is 12.1 Å². The molecule has 23 heavy (non-hydrogen) atoms. The number of hydrogen-bond acceptors (Lipinski definition) is 3. The number of carbonyl (C=O) groups is 1. The van der Waals surface area contributed by atoms with Crippen molar-refractivity contribution in [2.75, 3.05) is 12.0 Å². The van der Waals surface area contributed by atoms with E-state index in [0.717, 1.165) is 11.0 Å². The summed E-state index contributed by atoms with van der Waals surface area (Å²) in [6.07, 6.45) is 1.60. The smallest absolute Gasteiger partial charge is 0.270 e. The zero-order valence-corrected chi connectivity index (χ0v) is 13.2. The van der Waals surface area contributed by atoms with Crippen molar-refractivity contribution in [3.05, 3.63) is 60.4 Å². The standard InChI is InChI=1S/C18H19N3O2/c1-13(2)11-23-15-7-5-6-14(10-15)18(22)20-21-12-19-16-8-3-4-9-17(16)21/h3-10,12-13H,11H2,1-2H3,(H,20,22). The minimum atomic E-state index is -0.205. The van der Waals surface area contributed by atoms with Crippen LogP contribution in [0.1, 0.15) is 24.2 Å². The molecule has 0 saturated heterocycles. The molecule has 0 radical (unpaired) electrons. The number of hydrogen-bond donors (Lipinski definition) is 1. The monoisotopic (exact) mass is 309 g/mol. The van der Waals surface area contributed by atoms with Crippen molar-refractivity contribution in [1.82, 2.24) is 9.66 Å². The number of benzene rings is 2. The van der Waals surface area contributed by atoms with Gasteiger partial charge in [-0.25, -0.2) is 9.66 Å². The fourth-order valence-corrected chi connectivity index (χ4v) is 2.21. The van der Waals surface area contributed by atoms with Crippen LogP contribution in [0.5, 0.6) is 5.75 Å². The van der Waals surface area contributed by atoms with Gasteiger partial charge in [0.15, 0.2) is 0 Å². The lowest BCUT2D eigenvalue weighted by Gasteiger charge is -2.11. The van der Waals surface area contributed by atoms with Crippen LogP contribution in [0.2, 0.25) is 0 Å². The van der Waals surface area contributed by atoms with Crippen LogP contribution in [0.15, 0.2) is 54.9 Å². The lowest BCUT2D eigenvalue weighted by molar-refractivity contribution is 0.101. The van der Waals surface area contributed by atoms with E-state index < -0.39 is 0 Å². The number of nitrogens with zero attached hydrogens (tertiary/aromatic N) is 2. The molecule has 0 unspecified atom stereocenters. The van der Waals surface area contributed by atoms with Crippen LogP contribution in [0.4, 0.5) is 0 Å². The molecule has 0 aliphatic heterocycles. The van der Waals surface area contributed by atoms with Crippen molar-refractivity contribution < 1.29 is 9.53 Å². The summed E-state index contributed by atoms with van der Waals surface area (Å²) in [7, 11) is 0. The average molecular weight is 309 g/mol. The molecule has 118 valence electrons. The first-order valence-electron chi connectivity index (χ1n) is 7.60. The second-order valence-electron chi connectivity index (χ2n) is 5.78. The van der Waals surface area contributed by atoms with Crippen LogP contribution in [0, 0.1) is 5.92 Å². The third kappa shape index (κ3) is 3.51. The lowest BCUT2D eigenvalue weighted by atomic mass is 10.2. The maximum absolute atomic E-state index is 12.4. The first-order valence-corrected chi connectivity index (χ1v) is 7.60. The van der Waals surface area contributed by atoms with E-state index in [-0.39, 0.29) is 5.91 Å². The summed E-state index contributed by atoms with van der Waals surface area (Å²) in [5.74, 6) is 0.926. The van der Waals surface area contributed by atoms with E-state index in [2.05, 4.69) is 24.3 Å². The predicted octanol–water partition coefficient (Wildman–Crippen LogP) is 3.46. The van der Waals surface area contributed by atoms with Gasteiger partial charge in [-0.05, 0) is 36.2 Å². The highest BCUT2D eigenvalue weighted by molar-refractivity contribution is 6.01. The molecule has 5 heteroatoms. The third-order valence-electron chi connectivity index (χ3n) is 3.36. The molecule has 0 spiro atoms. The Bertz CT molecular complexity index is 824. The van der Waals surface area contributed by atoms with Crippen molar-refractivity contribution in [2.24, 2.45) is 5.92 Å². The summed E-state index contributed by atoms with van der Waals surface area (Å²) in [6.45, 7) is 4.79. The third-order valence-corrected chi connectivity index (χ3v) is 3.36. The highest BCUT2D eigenvalue weighted by Gasteiger charge is 2.09. The number of imidazole rings is 1. The van der Waals surface area contributed by atoms with Crippen molar-refractivity contribution in [3.63, 3.8) is 0 Å². The fourth-order valence-electron chi connectivity index (χ4n) is 2.21. The van der Waals surface area contributed by atoms with Gasteiger partial charge in [-0.2, -0.15) is 0 Å². The van der Waals surface area contributed by atoms with Gasteiger partial charge in [0, 0.05) is 5.56 Å². The van der Waals surface area contributed by atoms with Gasteiger partial charge < -0.3 is 4.74 Å². The molecular formula is C18H19N3O2. The van der Waals surface area contributed by atoms with Crippen LogP contribution in [-0.2, 0) is 0 Å². The van der Waals surface area contributed by atoms with Crippen molar-refractivity contribution in [1.29, 1.82) is 0 Å². The van der Waals surface area contributed by atoms with Gasteiger partial charge in [-0.1, -0.05) is 32.0 Å². The molecule has 1 amide bonds. The Balaban J connectivity index is 1.76. The number of para-hydroxylation sites is 2. The second-order valence-corrected chi connectivity index (χ2v) is 5.78. The first-order chi connectivity index (χ1) is 11.1. The number of fused-ring (bicyclic) bond motifs is 1. The number of carbonyl (C=O) groups excluding carboxylic acids is 1. The molecule has 0 saturated carbocycles. The predicted molar refractivity (Wildman–Crippen MR) is 90.2 cm³/mol. The molecule has 3 rings (SSSR count). The van der Waals surface area contributed by atoms with Gasteiger partial charge in [-0.15, -0.1) is 0 Å². The number of aromatic nitrogens is 2.